The lowest BCUT2D eigenvalue weighted by atomic mass is 9.66. The molecule has 0 N–H and O–H groups in total. The van der Waals surface area contributed by atoms with Gasteiger partial charge in [0.1, 0.15) is 5.78 Å². The molecule has 1 rings (SSSR count). The molecule has 1 fully saturated rings. The predicted molar refractivity (Wildman–Crippen MR) is 69.4 cm³/mol. The average molecular weight is 224 g/mol. The first-order valence-corrected chi connectivity index (χ1v) is 7.04. The fourth-order valence-electron chi connectivity index (χ4n) is 3.09. The van der Waals surface area contributed by atoms with E-state index in [1.807, 2.05) is 0 Å². The van der Waals surface area contributed by atoms with Crippen molar-refractivity contribution < 1.29 is 4.79 Å². The number of Topliss-reactive ketones (excluding diaryl/α,β-unsaturated/α-hetero) is 1. The minimum Gasteiger partial charge on any atom is -0.299 e. The van der Waals surface area contributed by atoms with Crippen LogP contribution in [0.3, 0.4) is 0 Å². The van der Waals surface area contributed by atoms with Gasteiger partial charge in [0.05, 0.1) is 0 Å². The van der Waals surface area contributed by atoms with Gasteiger partial charge < -0.3 is 0 Å². The Kier molecular flexibility index (Phi) is 5.01. The van der Waals surface area contributed by atoms with Gasteiger partial charge in [-0.3, -0.25) is 4.79 Å². The van der Waals surface area contributed by atoms with Crippen LogP contribution in [0.25, 0.3) is 0 Å². The molecule has 94 valence electrons. The molecule has 1 atom stereocenters. The molecular weight excluding hydrogens is 196 g/mol. The van der Waals surface area contributed by atoms with Gasteiger partial charge in [0.15, 0.2) is 0 Å². The Hall–Kier alpha value is -0.330. The van der Waals surface area contributed by atoms with Crippen molar-refractivity contribution in [2.24, 2.45) is 17.3 Å². The van der Waals surface area contributed by atoms with Crippen molar-refractivity contribution in [2.75, 3.05) is 0 Å². The van der Waals surface area contributed by atoms with Crippen molar-refractivity contribution >= 4 is 5.78 Å². The summed E-state index contributed by atoms with van der Waals surface area (Å²) in [6.45, 7) is 8.96. The first kappa shape index (κ1) is 13.7. The number of ketones is 1. The molecule has 0 bridgehead atoms. The van der Waals surface area contributed by atoms with Crippen molar-refractivity contribution in [1.82, 2.24) is 0 Å². The van der Waals surface area contributed by atoms with Crippen LogP contribution in [0.4, 0.5) is 0 Å². The Morgan fingerprint density at radius 2 is 1.88 bits per heavy atom. The predicted octanol–water partition coefficient (Wildman–Crippen LogP) is 4.60. The molecule has 1 heteroatoms. The second-order valence-corrected chi connectivity index (χ2v) is 6.14. The van der Waals surface area contributed by atoms with E-state index in [9.17, 15) is 4.79 Å². The molecule has 1 nitrogen and oxygen atoms in total. The van der Waals surface area contributed by atoms with Crippen LogP contribution in [0, 0.1) is 17.3 Å². The monoisotopic (exact) mass is 224 g/mol. The highest BCUT2D eigenvalue weighted by molar-refractivity contribution is 5.82. The number of carbonyl (C=O) groups excluding carboxylic acids is 1. The molecule has 0 aromatic carbocycles. The van der Waals surface area contributed by atoms with E-state index in [1.165, 1.54) is 19.3 Å². The van der Waals surface area contributed by atoms with Gasteiger partial charge in [-0.2, -0.15) is 0 Å². The van der Waals surface area contributed by atoms with Crippen LogP contribution in [0.15, 0.2) is 0 Å². The van der Waals surface area contributed by atoms with E-state index in [2.05, 4.69) is 27.7 Å². The minimum absolute atomic E-state index is 0.251. The first-order valence-electron chi connectivity index (χ1n) is 7.04. The highest BCUT2D eigenvalue weighted by Gasteiger charge is 2.36. The minimum atomic E-state index is 0.251. The third-order valence-corrected chi connectivity index (χ3v) is 4.54. The van der Waals surface area contributed by atoms with Crippen molar-refractivity contribution in [2.45, 2.75) is 72.6 Å². The topological polar surface area (TPSA) is 17.1 Å². The maximum atomic E-state index is 12.3. The number of rotatable bonds is 5. The Labute approximate surface area is 101 Å². The van der Waals surface area contributed by atoms with Crippen molar-refractivity contribution in [3.63, 3.8) is 0 Å². The number of hydrogen-bond donors (Lipinski definition) is 0. The van der Waals surface area contributed by atoms with Crippen molar-refractivity contribution in [1.29, 1.82) is 0 Å². The van der Waals surface area contributed by atoms with Crippen LogP contribution in [0.2, 0.25) is 0 Å². The molecule has 1 unspecified atom stereocenters. The van der Waals surface area contributed by atoms with E-state index in [-0.39, 0.29) is 5.41 Å². The first-order chi connectivity index (χ1) is 7.51. The van der Waals surface area contributed by atoms with Gasteiger partial charge in [0.2, 0.25) is 0 Å². The van der Waals surface area contributed by atoms with Gasteiger partial charge in [0.25, 0.3) is 0 Å². The third-order valence-electron chi connectivity index (χ3n) is 4.54. The molecule has 1 aliphatic rings. The molecule has 0 aromatic heterocycles. The molecule has 0 aliphatic heterocycles. The SMILES string of the molecule is CCC(CC)CC(=O)C1CCCCC1(C)C. The van der Waals surface area contributed by atoms with Crippen LogP contribution in [0.5, 0.6) is 0 Å². The van der Waals surface area contributed by atoms with E-state index >= 15 is 0 Å². The quantitative estimate of drug-likeness (QED) is 0.667. The van der Waals surface area contributed by atoms with E-state index < -0.39 is 0 Å². The van der Waals surface area contributed by atoms with Crippen LogP contribution in [-0.4, -0.2) is 5.78 Å². The molecule has 16 heavy (non-hydrogen) atoms. The zero-order chi connectivity index (χ0) is 12.2. The highest BCUT2D eigenvalue weighted by atomic mass is 16.1. The largest absolute Gasteiger partial charge is 0.299 e. The zero-order valence-electron chi connectivity index (χ0n) is 11.5. The number of hydrogen-bond acceptors (Lipinski definition) is 1. The van der Waals surface area contributed by atoms with Gasteiger partial charge >= 0.3 is 0 Å². The summed E-state index contributed by atoms with van der Waals surface area (Å²) in [6, 6.07) is 0. The lowest BCUT2D eigenvalue weighted by Gasteiger charge is -2.38. The summed E-state index contributed by atoms with van der Waals surface area (Å²) in [5.74, 6) is 1.49. The van der Waals surface area contributed by atoms with Crippen LogP contribution in [-0.2, 0) is 4.79 Å². The molecule has 1 saturated carbocycles. The lowest BCUT2D eigenvalue weighted by Crippen LogP contribution is -2.34. The fraction of sp³-hybridized carbons (Fsp3) is 0.933. The molecule has 0 amide bonds. The summed E-state index contributed by atoms with van der Waals surface area (Å²) in [5, 5.41) is 0. The molecule has 0 aromatic rings. The maximum Gasteiger partial charge on any atom is 0.136 e. The summed E-state index contributed by atoms with van der Waals surface area (Å²) in [5.41, 5.74) is 0.251. The Balaban J connectivity index is 2.58. The molecule has 0 saturated heterocycles. The average Bonchev–Trinajstić information content (AvgIpc) is 2.24. The van der Waals surface area contributed by atoms with Gasteiger partial charge in [-0.1, -0.05) is 53.4 Å². The molecule has 0 spiro atoms. The summed E-state index contributed by atoms with van der Waals surface area (Å²) in [7, 11) is 0. The Morgan fingerprint density at radius 3 is 2.38 bits per heavy atom. The summed E-state index contributed by atoms with van der Waals surface area (Å²) in [6.07, 6.45) is 8.04. The molecule has 0 heterocycles. The summed E-state index contributed by atoms with van der Waals surface area (Å²) >= 11 is 0. The summed E-state index contributed by atoms with van der Waals surface area (Å²) in [4.78, 5) is 12.3. The maximum absolute atomic E-state index is 12.3. The van der Waals surface area contributed by atoms with Crippen LogP contribution >= 0.6 is 0 Å². The van der Waals surface area contributed by atoms with E-state index in [0.717, 1.165) is 25.7 Å². The lowest BCUT2D eigenvalue weighted by molar-refractivity contribution is -0.129. The standard InChI is InChI=1S/C15H28O/c1-5-12(6-2)11-14(16)13-9-7-8-10-15(13,3)4/h12-13H,5-11H2,1-4H3. The van der Waals surface area contributed by atoms with E-state index in [0.29, 0.717) is 17.6 Å². The molecular formula is C15H28O. The Bertz CT molecular complexity index is 226. The second-order valence-electron chi connectivity index (χ2n) is 6.14. The number of carbonyl (C=O) groups is 1. The highest BCUT2D eigenvalue weighted by Crippen LogP contribution is 2.42. The Morgan fingerprint density at radius 1 is 1.25 bits per heavy atom. The van der Waals surface area contributed by atoms with Crippen molar-refractivity contribution in [3.8, 4) is 0 Å². The fourth-order valence-corrected chi connectivity index (χ4v) is 3.09. The van der Waals surface area contributed by atoms with Gasteiger partial charge in [-0.05, 0) is 24.2 Å². The van der Waals surface area contributed by atoms with Gasteiger partial charge in [-0.15, -0.1) is 0 Å². The van der Waals surface area contributed by atoms with E-state index in [4.69, 9.17) is 0 Å². The van der Waals surface area contributed by atoms with Crippen LogP contribution < -0.4 is 0 Å². The van der Waals surface area contributed by atoms with Crippen LogP contribution in [0.1, 0.15) is 72.6 Å². The summed E-state index contributed by atoms with van der Waals surface area (Å²) < 4.78 is 0. The normalized spacial score (nSPS) is 24.7. The zero-order valence-corrected chi connectivity index (χ0v) is 11.5. The van der Waals surface area contributed by atoms with E-state index in [1.54, 1.807) is 0 Å². The van der Waals surface area contributed by atoms with Gasteiger partial charge in [0, 0.05) is 12.3 Å². The van der Waals surface area contributed by atoms with Gasteiger partial charge in [-0.25, -0.2) is 0 Å². The third kappa shape index (κ3) is 3.33. The smallest absolute Gasteiger partial charge is 0.136 e. The molecule has 0 radical (unpaired) electrons. The molecule has 1 aliphatic carbocycles. The van der Waals surface area contributed by atoms with Crippen molar-refractivity contribution in [3.05, 3.63) is 0 Å². The second kappa shape index (κ2) is 5.84.